The second-order valence-electron chi connectivity index (χ2n) is 4.84. The molecule has 8 heteroatoms. The summed E-state index contributed by atoms with van der Waals surface area (Å²) in [5.74, 6) is 0.905. The highest BCUT2D eigenvalue weighted by molar-refractivity contribution is 5.28. The second-order valence-corrected chi connectivity index (χ2v) is 4.84. The largest absolute Gasteiger partial charge is 0.462 e. The number of nitrogens with zero attached hydrogens (tertiary/aromatic N) is 6. The van der Waals surface area contributed by atoms with Gasteiger partial charge >= 0.3 is 6.01 Å². The molecular weight excluding hydrogens is 270 g/mol. The van der Waals surface area contributed by atoms with E-state index < -0.39 is 0 Å². The van der Waals surface area contributed by atoms with Crippen molar-refractivity contribution in [1.82, 2.24) is 29.6 Å². The smallest absolute Gasteiger partial charge is 0.323 e. The quantitative estimate of drug-likeness (QED) is 0.832. The number of nitrogens with one attached hydrogen (secondary N) is 1. The Kier molecular flexibility index (Phi) is 4.25. The van der Waals surface area contributed by atoms with Gasteiger partial charge in [-0.25, -0.2) is 4.68 Å². The van der Waals surface area contributed by atoms with Crippen LogP contribution in [0.1, 0.15) is 12.8 Å². The van der Waals surface area contributed by atoms with Crippen LogP contribution in [-0.4, -0.2) is 62.9 Å². The highest BCUT2D eigenvalue weighted by atomic mass is 16.5. The Morgan fingerprint density at radius 3 is 2.81 bits per heavy atom. The van der Waals surface area contributed by atoms with Gasteiger partial charge in [0.1, 0.15) is 6.61 Å². The summed E-state index contributed by atoms with van der Waals surface area (Å²) >= 11 is 0. The molecule has 8 nitrogen and oxygen atoms in total. The number of aromatic nitrogens is 5. The minimum absolute atomic E-state index is 0.319. The van der Waals surface area contributed by atoms with Crippen LogP contribution in [0.4, 0.5) is 5.95 Å². The first-order valence-corrected chi connectivity index (χ1v) is 7.14. The summed E-state index contributed by atoms with van der Waals surface area (Å²) in [6.07, 6.45) is 6.01. The minimum atomic E-state index is 0.319. The topological polar surface area (TPSA) is 81.0 Å². The van der Waals surface area contributed by atoms with Gasteiger partial charge in [0.2, 0.25) is 5.95 Å². The van der Waals surface area contributed by atoms with E-state index in [0.29, 0.717) is 24.5 Å². The molecule has 3 heterocycles. The van der Waals surface area contributed by atoms with E-state index in [4.69, 9.17) is 4.74 Å². The molecule has 2 aromatic rings. The van der Waals surface area contributed by atoms with E-state index in [0.717, 1.165) is 19.6 Å². The molecule has 0 unspecified atom stereocenters. The van der Waals surface area contributed by atoms with Crippen LogP contribution in [0.15, 0.2) is 18.5 Å². The van der Waals surface area contributed by atoms with Crippen LogP contribution in [0.5, 0.6) is 6.01 Å². The fourth-order valence-electron chi connectivity index (χ4n) is 2.28. The lowest BCUT2D eigenvalue weighted by molar-refractivity contribution is 0.225. The van der Waals surface area contributed by atoms with Crippen LogP contribution in [-0.2, 0) is 0 Å². The van der Waals surface area contributed by atoms with Gasteiger partial charge in [0, 0.05) is 26.0 Å². The maximum Gasteiger partial charge on any atom is 0.323 e. The fourth-order valence-corrected chi connectivity index (χ4v) is 2.28. The van der Waals surface area contributed by atoms with Crippen LogP contribution >= 0.6 is 0 Å². The summed E-state index contributed by atoms with van der Waals surface area (Å²) in [6.45, 7) is 3.78. The fraction of sp³-hybridized carbons (Fsp3) is 0.538. The lowest BCUT2D eigenvalue weighted by Gasteiger charge is -2.14. The Morgan fingerprint density at radius 2 is 2.10 bits per heavy atom. The van der Waals surface area contributed by atoms with E-state index in [-0.39, 0.29) is 0 Å². The van der Waals surface area contributed by atoms with Crippen molar-refractivity contribution >= 4 is 5.95 Å². The van der Waals surface area contributed by atoms with Crippen LogP contribution in [0.2, 0.25) is 0 Å². The summed E-state index contributed by atoms with van der Waals surface area (Å²) in [6, 6.07) is 2.13. The third kappa shape index (κ3) is 3.46. The van der Waals surface area contributed by atoms with Crippen molar-refractivity contribution in [1.29, 1.82) is 0 Å². The molecule has 1 saturated heterocycles. The normalized spacial score (nSPS) is 15.3. The number of anilines is 1. The Balaban J connectivity index is 1.67. The lowest BCUT2D eigenvalue weighted by atomic mass is 10.4. The molecule has 1 N–H and O–H groups in total. The Bertz CT molecular complexity index is 566. The second kappa shape index (κ2) is 6.49. The highest BCUT2D eigenvalue weighted by Gasteiger charge is 2.12. The van der Waals surface area contributed by atoms with Crippen molar-refractivity contribution in [3.8, 4) is 12.0 Å². The van der Waals surface area contributed by atoms with Gasteiger partial charge in [-0.15, -0.1) is 0 Å². The standard InChI is InChI=1S/C13H19N7O/c1-14-11-16-12(20-8-4-5-15-20)18-13(17-11)21-10-9-19-6-2-3-7-19/h4-5,8H,2-3,6-7,9-10H2,1H3,(H,14,16,17,18). The molecular formula is C13H19N7O. The van der Waals surface area contributed by atoms with Crippen molar-refractivity contribution < 1.29 is 4.74 Å². The van der Waals surface area contributed by atoms with Gasteiger partial charge in [0.25, 0.3) is 5.95 Å². The van der Waals surface area contributed by atoms with Crippen molar-refractivity contribution in [3.05, 3.63) is 18.5 Å². The third-order valence-corrected chi connectivity index (χ3v) is 3.37. The third-order valence-electron chi connectivity index (χ3n) is 3.37. The maximum atomic E-state index is 5.66. The highest BCUT2D eigenvalue weighted by Crippen LogP contribution is 2.11. The van der Waals surface area contributed by atoms with E-state index in [1.54, 1.807) is 24.1 Å². The molecule has 0 atom stereocenters. The van der Waals surface area contributed by atoms with Crippen LogP contribution < -0.4 is 10.1 Å². The predicted molar refractivity (Wildman–Crippen MR) is 77.7 cm³/mol. The minimum Gasteiger partial charge on any atom is -0.462 e. The Hall–Kier alpha value is -2.22. The van der Waals surface area contributed by atoms with E-state index >= 15 is 0 Å². The van der Waals surface area contributed by atoms with Crippen LogP contribution in [0, 0.1) is 0 Å². The molecule has 1 aliphatic heterocycles. The predicted octanol–water partition coefficient (Wildman–Crippen LogP) is 0.574. The van der Waals surface area contributed by atoms with Crippen LogP contribution in [0.25, 0.3) is 5.95 Å². The molecule has 0 radical (unpaired) electrons. The average Bonchev–Trinajstić information content (AvgIpc) is 3.20. The first kappa shape index (κ1) is 13.7. The first-order chi connectivity index (χ1) is 10.3. The molecule has 3 rings (SSSR count). The van der Waals surface area contributed by atoms with E-state index in [1.165, 1.54) is 12.8 Å². The molecule has 0 aliphatic carbocycles. The van der Waals surface area contributed by atoms with Crippen molar-refractivity contribution in [3.63, 3.8) is 0 Å². The summed E-state index contributed by atoms with van der Waals surface area (Å²) in [4.78, 5) is 15.1. The van der Waals surface area contributed by atoms with Crippen LogP contribution in [0.3, 0.4) is 0 Å². The lowest BCUT2D eigenvalue weighted by Crippen LogP contribution is -2.25. The Morgan fingerprint density at radius 1 is 1.24 bits per heavy atom. The SMILES string of the molecule is CNc1nc(OCCN2CCCC2)nc(-n2cccn2)n1. The molecule has 0 saturated carbocycles. The zero-order valence-electron chi connectivity index (χ0n) is 12.1. The van der Waals surface area contributed by atoms with Gasteiger partial charge in [-0.1, -0.05) is 0 Å². The van der Waals surface area contributed by atoms with Gasteiger partial charge in [-0.05, 0) is 32.0 Å². The molecule has 1 fully saturated rings. The summed E-state index contributed by atoms with van der Waals surface area (Å²) < 4.78 is 7.24. The molecule has 112 valence electrons. The zero-order chi connectivity index (χ0) is 14.5. The molecule has 1 aliphatic rings. The van der Waals surface area contributed by atoms with E-state index in [2.05, 4.69) is 30.3 Å². The molecule has 2 aromatic heterocycles. The van der Waals surface area contributed by atoms with Gasteiger partial charge in [0.05, 0.1) is 0 Å². The van der Waals surface area contributed by atoms with Crippen molar-refractivity contribution in [2.45, 2.75) is 12.8 Å². The number of rotatable bonds is 6. The molecule has 0 amide bonds. The molecule has 0 bridgehead atoms. The monoisotopic (exact) mass is 289 g/mol. The maximum absolute atomic E-state index is 5.66. The summed E-state index contributed by atoms with van der Waals surface area (Å²) in [5.41, 5.74) is 0. The number of hydrogen-bond acceptors (Lipinski definition) is 7. The number of hydrogen-bond donors (Lipinski definition) is 1. The molecule has 0 spiro atoms. The number of likely N-dealkylation sites (tertiary alicyclic amines) is 1. The van der Waals surface area contributed by atoms with Gasteiger partial charge in [-0.3, -0.25) is 4.90 Å². The molecule has 0 aromatic carbocycles. The van der Waals surface area contributed by atoms with E-state index in [9.17, 15) is 0 Å². The summed E-state index contributed by atoms with van der Waals surface area (Å²) in [7, 11) is 1.76. The van der Waals surface area contributed by atoms with Crippen molar-refractivity contribution in [2.75, 3.05) is 38.6 Å². The summed E-state index contributed by atoms with van der Waals surface area (Å²) in [5, 5.41) is 7.03. The zero-order valence-corrected chi connectivity index (χ0v) is 12.1. The first-order valence-electron chi connectivity index (χ1n) is 7.14. The van der Waals surface area contributed by atoms with Crippen molar-refractivity contribution in [2.24, 2.45) is 0 Å². The van der Waals surface area contributed by atoms with Gasteiger partial charge in [0.15, 0.2) is 0 Å². The Labute approximate surface area is 123 Å². The molecule has 21 heavy (non-hydrogen) atoms. The van der Waals surface area contributed by atoms with Gasteiger partial charge < -0.3 is 10.1 Å². The number of ether oxygens (including phenoxy) is 1. The average molecular weight is 289 g/mol. The van der Waals surface area contributed by atoms with E-state index in [1.807, 2.05) is 6.07 Å². The van der Waals surface area contributed by atoms with Gasteiger partial charge in [-0.2, -0.15) is 20.1 Å².